The summed E-state index contributed by atoms with van der Waals surface area (Å²) in [5.74, 6) is 0.298. The number of nitrogens with two attached hydrogens (primary N) is 1. The lowest BCUT2D eigenvalue weighted by Gasteiger charge is -2.21. The lowest BCUT2D eigenvalue weighted by molar-refractivity contribution is 0.0271. The highest BCUT2D eigenvalue weighted by atomic mass is 35.5. The number of methoxy groups -OCH3 is 1. The molecule has 0 aliphatic carbocycles. The number of nitrogens with zero attached hydrogens (tertiary/aromatic N) is 4. The second kappa shape index (κ2) is 9.82. The number of anilines is 1. The van der Waals surface area contributed by atoms with Crippen LogP contribution in [-0.4, -0.2) is 56.9 Å². The minimum Gasteiger partial charge on any atom is -0.476 e. The number of halogens is 1. The van der Waals surface area contributed by atoms with Crippen molar-refractivity contribution in [1.29, 1.82) is 0 Å². The van der Waals surface area contributed by atoms with Gasteiger partial charge in [0.2, 0.25) is 11.8 Å². The number of fused-ring (bicyclic) bond motifs is 1. The fourth-order valence-electron chi connectivity index (χ4n) is 2.39. The van der Waals surface area contributed by atoms with E-state index in [0.717, 1.165) is 0 Å². The Labute approximate surface area is 167 Å². The molecule has 0 aliphatic rings. The molecule has 3 N–H and O–H groups in total. The van der Waals surface area contributed by atoms with Crippen LogP contribution in [0.25, 0.3) is 11.2 Å². The van der Waals surface area contributed by atoms with E-state index in [0.29, 0.717) is 17.8 Å². The van der Waals surface area contributed by atoms with Crippen LogP contribution < -0.4 is 10.5 Å². The van der Waals surface area contributed by atoms with Crippen LogP contribution >= 0.6 is 19.4 Å². The molecule has 0 spiro atoms. The molecule has 2 aromatic rings. The number of alkyl halides is 1. The van der Waals surface area contributed by atoms with Gasteiger partial charge < -0.3 is 20.1 Å². The van der Waals surface area contributed by atoms with E-state index in [2.05, 4.69) is 15.0 Å². The highest BCUT2D eigenvalue weighted by molar-refractivity contribution is 7.47. The van der Waals surface area contributed by atoms with Crippen LogP contribution in [0.4, 0.5) is 5.95 Å². The molecule has 158 valence electrons. The summed E-state index contributed by atoms with van der Waals surface area (Å²) in [6.07, 6.45) is 0.686. The van der Waals surface area contributed by atoms with E-state index in [4.69, 9.17) is 35.9 Å². The summed E-state index contributed by atoms with van der Waals surface area (Å²) in [4.78, 5) is 22.1. The van der Waals surface area contributed by atoms with Crippen LogP contribution in [0.2, 0.25) is 0 Å². The van der Waals surface area contributed by atoms with Gasteiger partial charge in [0.05, 0.1) is 31.7 Å². The second-order valence-electron chi connectivity index (χ2n) is 6.09. The highest BCUT2D eigenvalue weighted by Gasteiger charge is 2.27. The number of nitrogen functional groups attached to an aromatic ring is 1. The van der Waals surface area contributed by atoms with Gasteiger partial charge in [-0.1, -0.05) is 11.6 Å². The summed E-state index contributed by atoms with van der Waals surface area (Å²) in [5.41, 5.74) is 5.93. The summed E-state index contributed by atoms with van der Waals surface area (Å²) in [6, 6.07) is 0. The van der Waals surface area contributed by atoms with Gasteiger partial charge in [-0.05, 0) is 20.8 Å². The van der Waals surface area contributed by atoms with Crippen molar-refractivity contribution in [3.05, 3.63) is 6.33 Å². The molecule has 2 aromatic heterocycles. The lowest BCUT2D eigenvalue weighted by atomic mass is 10.2. The Balaban J connectivity index is 2.12. The largest absolute Gasteiger partial charge is 0.476 e. The number of phosphoric acid groups is 1. The normalized spacial score (nSPS) is 16.2. The first kappa shape index (κ1) is 22.8. The van der Waals surface area contributed by atoms with Crippen LogP contribution in [0.15, 0.2) is 6.33 Å². The van der Waals surface area contributed by atoms with Crippen LogP contribution in [0.3, 0.4) is 0 Å². The zero-order valence-electron chi connectivity index (χ0n) is 16.1. The predicted molar refractivity (Wildman–Crippen MR) is 103 cm³/mol. The third kappa shape index (κ3) is 6.00. The average molecular weight is 438 g/mol. The van der Waals surface area contributed by atoms with Crippen LogP contribution in [0, 0.1) is 0 Å². The Morgan fingerprint density at radius 3 is 2.71 bits per heavy atom. The molecule has 0 amide bonds. The molecule has 0 bridgehead atoms. The van der Waals surface area contributed by atoms with Gasteiger partial charge in [-0.25, -0.2) is 9.55 Å². The Kier molecular flexibility index (Phi) is 7.99. The summed E-state index contributed by atoms with van der Waals surface area (Å²) >= 11 is 6.50. The average Bonchev–Trinajstić information content (AvgIpc) is 3.01. The SMILES string of the molecule is CCOc1nc(N)nc2c1ncn2C(Cl)CC(COP(=O)(O)OC(C)C)OC. The lowest BCUT2D eigenvalue weighted by Crippen LogP contribution is -2.22. The molecule has 0 aromatic carbocycles. The molecule has 0 radical (unpaired) electrons. The quantitative estimate of drug-likeness (QED) is 0.397. The summed E-state index contributed by atoms with van der Waals surface area (Å²) in [7, 11) is -2.73. The molecule has 0 aliphatic heterocycles. The van der Waals surface area contributed by atoms with E-state index in [9.17, 15) is 9.46 Å². The molecule has 3 unspecified atom stereocenters. The van der Waals surface area contributed by atoms with Crippen molar-refractivity contribution in [2.45, 2.75) is 44.9 Å². The van der Waals surface area contributed by atoms with Gasteiger partial charge in [0.25, 0.3) is 0 Å². The topological polar surface area (TPSA) is 144 Å². The molecular weight excluding hydrogens is 413 g/mol. The molecule has 2 heterocycles. The molecule has 0 saturated heterocycles. The van der Waals surface area contributed by atoms with Crippen LogP contribution in [-0.2, 0) is 18.3 Å². The van der Waals surface area contributed by atoms with Gasteiger partial charge in [-0.15, -0.1) is 0 Å². The maximum absolute atomic E-state index is 11.8. The van der Waals surface area contributed by atoms with Gasteiger partial charge in [0.1, 0.15) is 5.50 Å². The van der Waals surface area contributed by atoms with E-state index in [1.807, 2.05) is 6.92 Å². The standard InChI is InChI=1S/C15H25ClN5O6P/c1-5-25-14-12-13(19-15(17)20-14)21(8-18-12)11(16)6-10(24-4)7-26-28(22,23)27-9(2)3/h8-11H,5-7H2,1-4H3,(H,22,23)(H2,17,19,20). The number of rotatable bonds is 11. The number of phosphoric ester groups is 1. The van der Waals surface area contributed by atoms with Crippen LogP contribution in [0.1, 0.15) is 32.7 Å². The molecule has 0 fully saturated rings. The molecule has 0 saturated carbocycles. The Hall–Kier alpha value is -1.49. The van der Waals surface area contributed by atoms with Gasteiger partial charge in [0, 0.05) is 13.5 Å². The van der Waals surface area contributed by atoms with E-state index >= 15 is 0 Å². The maximum atomic E-state index is 11.8. The molecular formula is C15H25ClN5O6P. The smallest absolute Gasteiger partial charge is 0.472 e. The fourth-order valence-corrected chi connectivity index (χ4v) is 3.68. The number of hydrogen-bond donors (Lipinski definition) is 2. The minimum atomic E-state index is -4.18. The number of imidazole rings is 1. The molecule has 11 nitrogen and oxygen atoms in total. The molecule has 3 atom stereocenters. The van der Waals surface area contributed by atoms with Crippen LogP contribution in [0.5, 0.6) is 5.88 Å². The maximum Gasteiger partial charge on any atom is 0.472 e. The zero-order chi connectivity index (χ0) is 20.9. The number of aromatic nitrogens is 4. The highest BCUT2D eigenvalue weighted by Crippen LogP contribution is 2.44. The molecule has 13 heteroatoms. The summed E-state index contributed by atoms with van der Waals surface area (Å²) in [5, 5.41) is 0. The van der Waals surface area contributed by atoms with Crippen molar-refractivity contribution >= 4 is 36.5 Å². The van der Waals surface area contributed by atoms with Crippen molar-refractivity contribution in [2.75, 3.05) is 26.1 Å². The van der Waals surface area contributed by atoms with Gasteiger partial charge in [0.15, 0.2) is 11.2 Å². The summed E-state index contributed by atoms with van der Waals surface area (Å²) in [6.45, 7) is 5.28. The van der Waals surface area contributed by atoms with E-state index < -0.39 is 25.5 Å². The van der Waals surface area contributed by atoms with Crippen molar-refractivity contribution < 1.29 is 28.0 Å². The first-order chi connectivity index (χ1) is 13.2. The van der Waals surface area contributed by atoms with Crippen molar-refractivity contribution in [3.8, 4) is 5.88 Å². The van der Waals surface area contributed by atoms with Crippen molar-refractivity contribution in [3.63, 3.8) is 0 Å². The minimum absolute atomic E-state index is 0.0280. The van der Waals surface area contributed by atoms with Gasteiger partial charge in [-0.2, -0.15) is 9.97 Å². The van der Waals surface area contributed by atoms with Crippen molar-refractivity contribution in [2.24, 2.45) is 0 Å². The van der Waals surface area contributed by atoms with E-state index in [1.54, 1.807) is 18.4 Å². The third-order valence-electron chi connectivity index (χ3n) is 3.55. The first-order valence-corrected chi connectivity index (χ1v) is 10.6. The van der Waals surface area contributed by atoms with E-state index in [1.165, 1.54) is 13.4 Å². The Morgan fingerprint density at radius 2 is 2.11 bits per heavy atom. The third-order valence-corrected chi connectivity index (χ3v) is 5.10. The second-order valence-corrected chi connectivity index (χ2v) is 8.00. The summed E-state index contributed by atoms with van der Waals surface area (Å²) < 4.78 is 34.0. The van der Waals surface area contributed by atoms with Gasteiger partial charge in [-0.3, -0.25) is 13.6 Å². The Morgan fingerprint density at radius 1 is 1.39 bits per heavy atom. The molecule has 28 heavy (non-hydrogen) atoms. The predicted octanol–water partition coefficient (Wildman–Crippen LogP) is 2.49. The monoisotopic (exact) mass is 437 g/mol. The zero-order valence-corrected chi connectivity index (χ0v) is 17.8. The van der Waals surface area contributed by atoms with Crippen molar-refractivity contribution in [1.82, 2.24) is 19.5 Å². The fraction of sp³-hybridized carbons (Fsp3) is 0.667. The Bertz CT molecular complexity index is 835. The number of hydrogen-bond acceptors (Lipinski definition) is 9. The van der Waals surface area contributed by atoms with Gasteiger partial charge >= 0.3 is 7.82 Å². The molecule has 2 rings (SSSR count). The number of ether oxygens (including phenoxy) is 2. The first-order valence-electron chi connectivity index (χ1n) is 8.62. The van der Waals surface area contributed by atoms with E-state index in [-0.39, 0.29) is 24.9 Å².